The first-order chi connectivity index (χ1) is 11.0. The summed E-state index contributed by atoms with van der Waals surface area (Å²) in [7, 11) is 1.35. The molecule has 2 aromatic carbocycles. The topological polar surface area (TPSA) is 81.5 Å². The predicted octanol–water partition coefficient (Wildman–Crippen LogP) is 2.96. The number of rotatable bonds is 6. The minimum atomic E-state index is -0.566. The standard InChI is InChI=1S/C17H18N2O4/c1-12(10-13-6-4-3-5-7-13)18-17(20)14-8-9-16(23-2)15(11-14)19(21)22/h3-9,11-12H,10H2,1-2H3,(H,18,20)/t12-/m1/s1. The molecule has 0 bridgehead atoms. The van der Waals surface area contributed by atoms with Crippen LogP contribution in [0.3, 0.4) is 0 Å². The van der Waals surface area contributed by atoms with E-state index in [0.717, 1.165) is 5.56 Å². The molecule has 6 nitrogen and oxygen atoms in total. The fraction of sp³-hybridized carbons (Fsp3) is 0.235. The Morgan fingerprint density at radius 2 is 1.96 bits per heavy atom. The molecule has 0 aromatic heterocycles. The van der Waals surface area contributed by atoms with Crippen molar-refractivity contribution in [3.8, 4) is 5.75 Å². The summed E-state index contributed by atoms with van der Waals surface area (Å²) < 4.78 is 4.93. The van der Waals surface area contributed by atoms with Gasteiger partial charge in [-0.05, 0) is 31.0 Å². The van der Waals surface area contributed by atoms with Gasteiger partial charge in [-0.3, -0.25) is 14.9 Å². The maximum Gasteiger partial charge on any atom is 0.311 e. The number of nitrogens with one attached hydrogen (secondary N) is 1. The Balaban J connectivity index is 2.08. The highest BCUT2D eigenvalue weighted by Gasteiger charge is 2.19. The van der Waals surface area contributed by atoms with Crippen LogP contribution in [-0.2, 0) is 6.42 Å². The molecule has 2 aromatic rings. The number of carbonyl (C=O) groups excluding carboxylic acids is 1. The van der Waals surface area contributed by atoms with Gasteiger partial charge in [0.05, 0.1) is 12.0 Å². The van der Waals surface area contributed by atoms with Crippen molar-refractivity contribution < 1.29 is 14.5 Å². The number of hydrogen-bond donors (Lipinski definition) is 1. The molecule has 0 aliphatic carbocycles. The van der Waals surface area contributed by atoms with Crippen molar-refractivity contribution in [2.24, 2.45) is 0 Å². The van der Waals surface area contributed by atoms with Gasteiger partial charge < -0.3 is 10.1 Å². The Labute approximate surface area is 134 Å². The summed E-state index contributed by atoms with van der Waals surface area (Å²) in [6, 6.07) is 13.9. The fourth-order valence-corrected chi connectivity index (χ4v) is 2.30. The van der Waals surface area contributed by atoms with Crippen molar-refractivity contribution in [1.29, 1.82) is 0 Å². The molecule has 0 saturated carbocycles. The van der Waals surface area contributed by atoms with Gasteiger partial charge in [-0.15, -0.1) is 0 Å². The lowest BCUT2D eigenvalue weighted by Gasteiger charge is -2.14. The average Bonchev–Trinajstić information content (AvgIpc) is 2.54. The lowest BCUT2D eigenvalue weighted by atomic mass is 10.1. The number of nitrogens with zero attached hydrogens (tertiary/aromatic N) is 1. The Morgan fingerprint density at radius 3 is 2.57 bits per heavy atom. The van der Waals surface area contributed by atoms with Crippen molar-refractivity contribution in [3.63, 3.8) is 0 Å². The van der Waals surface area contributed by atoms with E-state index in [9.17, 15) is 14.9 Å². The molecule has 0 aliphatic heterocycles. The molecular weight excluding hydrogens is 296 g/mol. The van der Waals surface area contributed by atoms with Gasteiger partial charge in [0, 0.05) is 17.7 Å². The number of carbonyl (C=O) groups is 1. The second-order valence-electron chi connectivity index (χ2n) is 5.21. The van der Waals surface area contributed by atoms with Gasteiger partial charge in [0.25, 0.3) is 5.91 Å². The number of nitro groups is 1. The summed E-state index contributed by atoms with van der Waals surface area (Å²) >= 11 is 0. The minimum Gasteiger partial charge on any atom is -0.490 e. The van der Waals surface area contributed by atoms with Gasteiger partial charge in [0.2, 0.25) is 0 Å². The normalized spacial score (nSPS) is 11.6. The smallest absolute Gasteiger partial charge is 0.311 e. The third-order valence-corrected chi connectivity index (χ3v) is 3.40. The van der Waals surface area contributed by atoms with Crippen molar-refractivity contribution in [2.45, 2.75) is 19.4 Å². The zero-order valence-corrected chi connectivity index (χ0v) is 13.0. The highest BCUT2D eigenvalue weighted by Crippen LogP contribution is 2.27. The molecule has 0 radical (unpaired) electrons. The van der Waals surface area contributed by atoms with E-state index in [1.54, 1.807) is 0 Å². The maximum atomic E-state index is 12.2. The number of amides is 1. The second-order valence-corrected chi connectivity index (χ2v) is 5.21. The lowest BCUT2D eigenvalue weighted by molar-refractivity contribution is -0.385. The van der Waals surface area contributed by atoms with E-state index in [2.05, 4.69) is 5.32 Å². The van der Waals surface area contributed by atoms with Crippen LogP contribution in [0.4, 0.5) is 5.69 Å². The van der Waals surface area contributed by atoms with E-state index in [1.807, 2.05) is 37.3 Å². The summed E-state index contributed by atoms with van der Waals surface area (Å²) in [6.45, 7) is 1.89. The molecule has 0 fully saturated rings. The van der Waals surface area contributed by atoms with Crippen molar-refractivity contribution in [1.82, 2.24) is 5.32 Å². The van der Waals surface area contributed by atoms with Gasteiger partial charge in [-0.2, -0.15) is 0 Å². The third kappa shape index (κ3) is 4.29. The van der Waals surface area contributed by atoms with Crippen molar-refractivity contribution >= 4 is 11.6 Å². The van der Waals surface area contributed by atoms with Gasteiger partial charge >= 0.3 is 5.69 Å². The molecule has 2 rings (SSSR count). The van der Waals surface area contributed by atoms with Crippen LogP contribution in [0, 0.1) is 10.1 Å². The largest absolute Gasteiger partial charge is 0.490 e. The quantitative estimate of drug-likeness (QED) is 0.656. The number of ether oxygens (including phenoxy) is 1. The SMILES string of the molecule is COc1ccc(C(=O)N[C@H](C)Cc2ccccc2)cc1[N+](=O)[O-]. The molecule has 0 aliphatic rings. The number of hydrogen-bond acceptors (Lipinski definition) is 4. The first-order valence-corrected chi connectivity index (χ1v) is 7.18. The lowest BCUT2D eigenvalue weighted by Crippen LogP contribution is -2.34. The van der Waals surface area contributed by atoms with Crippen LogP contribution in [0.15, 0.2) is 48.5 Å². The maximum absolute atomic E-state index is 12.2. The zero-order chi connectivity index (χ0) is 16.8. The summed E-state index contributed by atoms with van der Waals surface area (Å²) in [6.07, 6.45) is 0.685. The molecule has 1 atom stereocenters. The van der Waals surface area contributed by atoms with E-state index in [-0.39, 0.29) is 28.9 Å². The Kier molecular flexibility index (Phi) is 5.30. The molecule has 0 unspecified atom stereocenters. The van der Waals surface area contributed by atoms with Crippen LogP contribution in [0.25, 0.3) is 0 Å². The highest BCUT2D eigenvalue weighted by atomic mass is 16.6. The summed E-state index contributed by atoms with van der Waals surface area (Å²) in [4.78, 5) is 22.7. The van der Waals surface area contributed by atoms with Crippen molar-refractivity contribution in [3.05, 3.63) is 69.8 Å². The molecule has 120 valence electrons. The van der Waals surface area contributed by atoms with Crippen LogP contribution < -0.4 is 10.1 Å². The molecular formula is C17H18N2O4. The molecule has 0 saturated heterocycles. The van der Waals surface area contributed by atoms with Crippen LogP contribution in [0.2, 0.25) is 0 Å². The monoisotopic (exact) mass is 314 g/mol. The van der Waals surface area contributed by atoms with Crippen LogP contribution in [-0.4, -0.2) is 24.0 Å². The molecule has 0 heterocycles. The average molecular weight is 314 g/mol. The zero-order valence-electron chi connectivity index (χ0n) is 13.0. The fourth-order valence-electron chi connectivity index (χ4n) is 2.30. The predicted molar refractivity (Wildman–Crippen MR) is 86.7 cm³/mol. The highest BCUT2D eigenvalue weighted by molar-refractivity contribution is 5.95. The first kappa shape index (κ1) is 16.5. The number of methoxy groups -OCH3 is 1. The second kappa shape index (κ2) is 7.40. The number of benzene rings is 2. The summed E-state index contributed by atoms with van der Waals surface area (Å²) in [5.74, 6) is -0.219. The summed E-state index contributed by atoms with van der Waals surface area (Å²) in [5, 5.41) is 13.9. The van der Waals surface area contributed by atoms with Gasteiger partial charge in [-0.1, -0.05) is 30.3 Å². The third-order valence-electron chi connectivity index (χ3n) is 3.40. The molecule has 1 N–H and O–H groups in total. The van der Waals surface area contributed by atoms with E-state index in [4.69, 9.17) is 4.74 Å². The van der Waals surface area contributed by atoms with E-state index >= 15 is 0 Å². The van der Waals surface area contributed by atoms with E-state index in [0.29, 0.717) is 6.42 Å². The number of nitro benzene ring substituents is 1. The first-order valence-electron chi connectivity index (χ1n) is 7.18. The van der Waals surface area contributed by atoms with Crippen molar-refractivity contribution in [2.75, 3.05) is 7.11 Å². The Morgan fingerprint density at radius 1 is 1.26 bits per heavy atom. The molecule has 6 heteroatoms. The molecule has 23 heavy (non-hydrogen) atoms. The van der Waals surface area contributed by atoms with Gasteiger partial charge in [0.1, 0.15) is 0 Å². The molecule has 0 spiro atoms. The van der Waals surface area contributed by atoms with Gasteiger partial charge in [-0.25, -0.2) is 0 Å². The van der Waals surface area contributed by atoms with Crippen LogP contribution in [0.5, 0.6) is 5.75 Å². The minimum absolute atomic E-state index is 0.0916. The van der Waals surface area contributed by atoms with E-state index in [1.165, 1.54) is 25.3 Å². The summed E-state index contributed by atoms with van der Waals surface area (Å²) in [5.41, 5.74) is 1.12. The molecule has 1 amide bonds. The van der Waals surface area contributed by atoms with Gasteiger partial charge in [0.15, 0.2) is 5.75 Å². The Bertz CT molecular complexity index is 701. The van der Waals surface area contributed by atoms with E-state index < -0.39 is 4.92 Å². The van der Waals surface area contributed by atoms with Crippen LogP contribution in [0.1, 0.15) is 22.8 Å². The Hall–Kier alpha value is -2.89. The van der Waals surface area contributed by atoms with Crippen LogP contribution >= 0.6 is 0 Å².